The molecule has 0 unspecified atom stereocenters. The van der Waals surface area contributed by atoms with E-state index in [9.17, 15) is 4.79 Å². The Balaban J connectivity index is 1.73. The van der Waals surface area contributed by atoms with Gasteiger partial charge in [0.1, 0.15) is 0 Å². The Morgan fingerprint density at radius 3 is 3.14 bits per heavy atom. The van der Waals surface area contributed by atoms with Crippen molar-refractivity contribution in [3.8, 4) is 0 Å². The zero-order valence-electron chi connectivity index (χ0n) is 12.4. The average molecular weight is 319 g/mol. The molecule has 0 bridgehead atoms. The van der Waals surface area contributed by atoms with Crippen LogP contribution in [0.2, 0.25) is 0 Å². The van der Waals surface area contributed by atoms with Gasteiger partial charge >= 0.3 is 0 Å². The molecule has 0 fully saturated rings. The Bertz CT molecular complexity index is 797. The maximum Gasteiger partial charge on any atom is 0.231 e. The minimum atomic E-state index is -0.0462. The molecule has 3 aromatic rings. The third-order valence-corrected chi connectivity index (χ3v) is 4.10. The summed E-state index contributed by atoms with van der Waals surface area (Å²) in [5, 5.41) is 10.7. The van der Waals surface area contributed by atoms with Crippen LogP contribution in [-0.4, -0.2) is 51.0 Å². The van der Waals surface area contributed by atoms with Crippen LogP contribution in [0.1, 0.15) is 6.92 Å². The monoisotopic (exact) mass is 319 g/mol. The molecule has 0 aliphatic rings. The number of aromatic amines is 1. The number of H-pyrrole nitrogens is 1. The van der Waals surface area contributed by atoms with Crippen molar-refractivity contribution >= 4 is 34.5 Å². The molecule has 1 aromatic carbocycles. The molecule has 22 heavy (non-hydrogen) atoms. The number of nitrogens with zero attached hydrogens (tertiary/aromatic N) is 3. The molecule has 2 heterocycles. The SMILES string of the molecule is COC[C@H](C)NC(=O)CSc1n[nH]c2nc3ccccc3n12. The second-order valence-corrected chi connectivity index (χ2v) is 5.92. The van der Waals surface area contributed by atoms with E-state index in [2.05, 4.69) is 20.5 Å². The van der Waals surface area contributed by atoms with Crippen molar-refractivity contribution in [1.29, 1.82) is 0 Å². The topological polar surface area (TPSA) is 84.3 Å². The molecule has 8 heteroatoms. The van der Waals surface area contributed by atoms with Crippen LogP contribution >= 0.6 is 11.8 Å². The highest BCUT2D eigenvalue weighted by Gasteiger charge is 2.14. The van der Waals surface area contributed by atoms with Crippen LogP contribution in [0, 0.1) is 0 Å². The largest absolute Gasteiger partial charge is 0.383 e. The Morgan fingerprint density at radius 2 is 2.32 bits per heavy atom. The summed E-state index contributed by atoms with van der Waals surface area (Å²) in [5.74, 6) is 0.924. The van der Waals surface area contributed by atoms with Gasteiger partial charge in [0.2, 0.25) is 11.7 Å². The van der Waals surface area contributed by atoms with Crippen molar-refractivity contribution in [2.45, 2.75) is 18.1 Å². The second kappa shape index (κ2) is 6.37. The molecule has 0 radical (unpaired) electrons. The Morgan fingerprint density at radius 1 is 1.50 bits per heavy atom. The number of rotatable bonds is 6. The van der Waals surface area contributed by atoms with E-state index in [1.807, 2.05) is 35.6 Å². The molecule has 1 atom stereocenters. The first-order valence-corrected chi connectivity index (χ1v) is 7.90. The van der Waals surface area contributed by atoms with Crippen molar-refractivity contribution in [1.82, 2.24) is 24.9 Å². The fourth-order valence-electron chi connectivity index (χ4n) is 2.28. The van der Waals surface area contributed by atoms with E-state index in [-0.39, 0.29) is 11.9 Å². The van der Waals surface area contributed by atoms with E-state index in [0.717, 1.165) is 16.2 Å². The third-order valence-electron chi connectivity index (χ3n) is 3.16. The van der Waals surface area contributed by atoms with Crippen LogP contribution in [0.4, 0.5) is 0 Å². The number of amides is 1. The molecule has 3 rings (SSSR count). The predicted octanol–water partition coefficient (Wildman–Crippen LogP) is 1.45. The minimum absolute atomic E-state index is 0.00798. The number of hydrogen-bond acceptors (Lipinski definition) is 5. The molecule has 1 amide bonds. The molecule has 0 aliphatic carbocycles. The first kappa shape index (κ1) is 14.9. The van der Waals surface area contributed by atoms with Crippen molar-refractivity contribution in [3.05, 3.63) is 24.3 Å². The van der Waals surface area contributed by atoms with Gasteiger partial charge in [0.25, 0.3) is 0 Å². The highest BCUT2D eigenvalue weighted by atomic mass is 32.2. The van der Waals surface area contributed by atoms with Gasteiger partial charge in [-0.25, -0.2) is 10.1 Å². The standard InChI is InChI=1S/C14H17N5O2S/c1-9(7-21-2)15-12(20)8-22-14-18-17-13-16-10-5-3-4-6-11(10)19(13)14/h3-6,9H,7-8H2,1-2H3,(H,15,20)(H,16,17)/t9-/m0/s1. The first-order chi connectivity index (χ1) is 10.7. The van der Waals surface area contributed by atoms with Crippen LogP contribution in [0.5, 0.6) is 0 Å². The van der Waals surface area contributed by atoms with Gasteiger partial charge in [-0.15, -0.1) is 5.10 Å². The number of methoxy groups -OCH3 is 1. The number of aromatic nitrogens is 4. The molecule has 2 N–H and O–H groups in total. The van der Waals surface area contributed by atoms with E-state index in [0.29, 0.717) is 18.1 Å². The van der Waals surface area contributed by atoms with Gasteiger partial charge in [0, 0.05) is 13.2 Å². The quantitative estimate of drug-likeness (QED) is 0.672. The highest BCUT2D eigenvalue weighted by molar-refractivity contribution is 7.99. The van der Waals surface area contributed by atoms with Crippen LogP contribution in [-0.2, 0) is 9.53 Å². The Kier molecular flexibility index (Phi) is 4.30. The molecule has 0 saturated carbocycles. The van der Waals surface area contributed by atoms with Crippen LogP contribution in [0.15, 0.2) is 29.4 Å². The lowest BCUT2D eigenvalue weighted by molar-refractivity contribution is -0.119. The van der Waals surface area contributed by atoms with Crippen molar-refractivity contribution in [2.24, 2.45) is 0 Å². The normalized spacial score (nSPS) is 12.8. The van der Waals surface area contributed by atoms with Crippen LogP contribution < -0.4 is 5.32 Å². The van der Waals surface area contributed by atoms with Gasteiger partial charge in [0.05, 0.1) is 23.4 Å². The molecule has 2 aromatic heterocycles. The lowest BCUT2D eigenvalue weighted by Crippen LogP contribution is -2.36. The molecular weight excluding hydrogens is 302 g/mol. The first-order valence-electron chi connectivity index (χ1n) is 6.91. The van der Waals surface area contributed by atoms with Gasteiger partial charge in [-0.3, -0.25) is 9.20 Å². The lowest BCUT2D eigenvalue weighted by atomic mass is 10.3. The van der Waals surface area contributed by atoms with Gasteiger partial charge in [-0.05, 0) is 19.1 Å². The number of carbonyl (C=O) groups is 1. The summed E-state index contributed by atoms with van der Waals surface area (Å²) in [6.07, 6.45) is 0. The van der Waals surface area contributed by atoms with Gasteiger partial charge in [0.15, 0.2) is 5.16 Å². The maximum absolute atomic E-state index is 11.9. The lowest BCUT2D eigenvalue weighted by Gasteiger charge is -2.11. The van der Waals surface area contributed by atoms with Gasteiger partial charge in [-0.2, -0.15) is 0 Å². The summed E-state index contributed by atoms with van der Waals surface area (Å²) in [4.78, 5) is 16.4. The smallest absolute Gasteiger partial charge is 0.231 e. The Hall–Kier alpha value is -2.06. The number of thioether (sulfide) groups is 1. The van der Waals surface area contributed by atoms with E-state index >= 15 is 0 Å². The molecule has 0 spiro atoms. The van der Waals surface area contributed by atoms with E-state index < -0.39 is 0 Å². The second-order valence-electron chi connectivity index (χ2n) is 4.98. The van der Waals surface area contributed by atoms with E-state index in [4.69, 9.17) is 4.74 Å². The Labute approximate surface area is 131 Å². The molecular formula is C14H17N5O2S. The molecule has 0 saturated heterocycles. The molecule has 116 valence electrons. The maximum atomic E-state index is 11.9. The highest BCUT2D eigenvalue weighted by Crippen LogP contribution is 2.22. The van der Waals surface area contributed by atoms with Crippen molar-refractivity contribution < 1.29 is 9.53 Å². The van der Waals surface area contributed by atoms with Gasteiger partial charge in [-0.1, -0.05) is 23.9 Å². The average Bonchev–Trinajstić information content (AvgIpc) is 3.04. The summed E-state index contributed by atoms with van der Waals surface area (Å²) in [6, 6.07) is 7.82. The van der Waals surface area contributed by atoms with Crippen molar-refractivity contribution in [3.63, 3.8) is 0 Å². The molecule has 7 nitrogen and oxygen atoms in total. The number of nitrogens with one attached hydrogen (secondary N) is 2. The fraction of sp³-hybridized carbons (Fsp3) is 0.357. The summed E-state index contributed by atoms with van der Waals surface area (Å²) in [6.45, 7) is 2.40. The summed E-state index contributed by atoms with van der Waals surface area (Å²) < 4.78 is 6.92. The number of ether oxygens (including phenoxy) is 1. The number of imidazole rings is 1. The summed E-state index contributed by atoms with van der Waals surface area (Å²) >= 11 is 1.37. The zero-order chi connectivity index (χ0) is 15.5. The number of carbonyl (C=O) groups excluding carboxylic acids is 1. The third kappa shape index (κ3) is 2.93. The van der Waals surface area contributed by atoms with Crippen LogP contribution in [0.3, 0.4) is 0 Å². The van der Waals surface area contributed by atoms with Gasteiger partial charge < -0.3 is 10.1 Å². The molecule has 0 aliphatic heterocycles. The van der Waals surface area contributed by atoms with Crippen LogP contribution in [0.25, 0.3) is 16.8 Å². The summed E-state index contributed by atoms with van der Waals surface area (Å²) in [5.41, 5.74) is 1.87. The number of hydrogen-bond donors (Lipinski definition) is 2. The number of benzene rings is 1. The van der Waals surface area contributed by atoms with E-state index in [1.54, 1.807) is 7.11 Å². The van der Waals surface area contributed by atoms with E-state index in [1.165, 1.54) is 11.8 Å². The number of para-hydroxylation sites is 2. The summed E-state index contributed by atoms with van der Waals surface area (Å²) in [7, 11) is 1.61. The zero-order valence-corrected chi connectivity index (χ0v) is 13.2. The minimum Gasteiger partial charge on any atom is -0.383 e. The van der Waals surface area contributed by atoms with Crippen molar-refractivity contribution in [2.75, 3.05) is 19.5 Å². The predicted molar refractivity (Wildman–Crippen MR) is 85.0 cm³/mol. The number of fused-ring (bicyclic) bond motifs is 3. The fourth-order valence-corrected chi connectivity index (χ4v) is 3.05.